The van der Waals surface area contributed by atoms with Crippen LogP contribution in [0.25, 0.3) is 10.8 Å². The Morgan fingerprint density at radius 1 is 1.22 bits per heavy atom. The van der Waals surface area contributed by atoms with Gasteiger partial charge in [0.05, 0.1) is 11.9 Å². The third-order valence-corrected chi connectivity index (χ3v) is 4.23. The number of hydrogen-bond donors (Lipinski definition) is 1. The molecule has 0 saturated carbocycles. The Bertz CT molecular complexity index is 905. The molecular formula is C18H13ClN2O2. The molecular weight excluding hydrogens is 312 g/mol. The molecule has 0 unspecified atom stereocenters. The number of rotatable bonds is 2. The molecule has 1 atom stereocenters. The number of carbonyl (C=O) groups excluding carboxylic acids is 1. The molecule has 4 nitrogen and oxygen atoms in total. The third kappa shape index (κ3) is 2.51. The fourth-order valence-electron chi connectivity index (χ4n) is 2.84. The minimum Gasteiger partial charge on any atom is -0.492 e. The smallest absolute Gasteiger partial charge is 0.235 e. The molecule has 114 valence electrons. The average Bonchev–Trinajstić information content (AvgIpc) is 2.98. The zero-order valence-corrected chi connectivity index (χ0v) is 12.9. The Morgan fingerprint density at radius 3 is 3.00 bits per heavy atom. The Labute approximate surface area is 138 Å². The maximum atomic E-state index is 12.7. The summed E-state index contributed by atoms with van der Waals surface area (Å²) in [6.45, 7) is 0.319. The van der Waals surface area contributed by atoms with Crippen LogP contribution in [-0.2, 0) is 4.79 Å². The van der Waals surface area contributed by atoms with E-state index in [1.807, 2.05) is 24.3 Å². The van der Waals surface area contributed by atoms with Gasteiger partial charge in [0.25, 0.3) is 0 Å². The Morgan fingerprint density at radius 2 is 2.09 bits per heavy atom. The number of halogens is 1. The van der Waals surface area contributed by atoms with Crippen LogP contribution in [0.5, 0.6) is 5.75 Å². The van der Waals surface area contributed by atoms with Crippen molar-refractivity contribution >= 4 is 34.0 Å². The molecule has 0 aliphatic carbocycles. The van der Waals surface area contributed by atoms with Gasteiger partial charge in [-0.15, -0.1) is 0 Å². The number of fused-ring (bicyclic) bond motifs is 2. The first-order valence-corrected chi connectivity index (χ1v) is 7.66. The zero-order valence-electron chi connectivity index (χ0n) is 12.1. The van der Waals surface area contributed by atoms with Gasteiger partial charge >= 0.3 is 0 Å². The number of benzene rings is 2. The van der Waals surface area contributed by atoms with Crippen molar-refractivity contribution in [3.8, 4) is 5.75 Å². The third-order valence-electron chi connectivity index (χ3n) is 4.00. The number of anilines is 1. The highest BCUT2D eigenvalue weighted by Crippen LogP contribution is 2.36. The summed E-state index contributed by atoms with van der Waals surface area (Å²) in [5, 5.41) is 5.50. The van der Waals surface area contributed by atoms with Crippen molar-refractivity contribution in [2.75, 3.05) is 11.9 Å². The summed E-state index contributed by atoms with van der Waals surface area (Å²) in [5.74, 6) is 0.220. The number of ether oxygens (including phenoxy) is 1. The van der Waals surface area contributed by atoms with E-state index in [1.165, 1.54) is 0 Å². The van der Waals surface area contributed by atoms with Crippen LogP contribution in [-0.4, -0.2) is 17.5 Å². The molecule has 1 aliphatic heterocycles. The summed E-state index contributed by atoms with van der Waals surface area (Å²) in [5.41, 5.74) is 1.52. The van der Waals surface area contributed by atoms with E-state index in [0.717, 1.165) is 16.3 Å². The molecule has 1 aliphatic rings. The fraction of sp³-hybridized carbons (Fsp3) is 0.111. The predicted molar refractivity (Wildman–Crippen MR) is 90.1 cm³/mol. The summed E-state index contributed by atoms with van der Waals surface area (Å²) in [6, 6.07) is 13.1. The lowest BCUT2D eigenvalue weighted by Gasteiger charge is -2.12. The summed E-state index contributed by atoms with van der Waals surface area (Å²) in [6.07, 6.45) is 3.44. The number of pyridine rings is 1. The minimum atomic E-state index is -0.373. The number of nitrogens with zero attached hydrogens (tertiary/aromatic N) is 1. The Hall–Kier alpha value is -2.59. The SMILES string of the molecule is O=C(Nc1cncc2ccccc12)[C@@H]1COc2ccc(Cl)cc21. The first-order valence-electron chi connectivity index (χ1n) is 7.28. The Kier molecular flexibility index (Phi) is 3.39. The summed E-state index contributed by atoms with van der Waals surface area (Å²) >= 11 is 6.03. The van der Waals surface area contributed by atoms with Gasteiger partial charge in [0.1, 0.15) is 18.3 Å². The van der Waals surface area contributed by atoms with E-state index in [4.69, 9.17) is 16.3 Å². The standard InChI is InChI=1S/C18H13ClN2O2/c19-12-5-6-17-14(7-12)15(10-23-17)18(22)21-16-9-20-8-11-3-1-2-4-13(11)16/h1-9,15H,10H2,(H,21,22)/t15-/m1/s1. The number of amides is 1. The van der Waals surface area contributed by atoms with Gasteiger partial charge in [-0.25, -0.2) is 0 Å². The van der Waals surface area contributed by atoms with Crippen molar-refractivity contribution in [2.24, 2.45) is 0 Å². The minimum absolute atomic E-state index is 0.121. The highest BCUT2D eigenvalue weighted by molar-refractivity contribution is 6.30. The van der Waals surface area contributed by atoms with Crippen molar-refractivity contribution < 1.29 is 9.53 Å². The molecule has 0 bridgehead atoms. The van der Waals surface area contributed by atoms with E-state index >= 15 is 0 Å². The lowest BCUT2D eigenvalue weighted by atomic mass is 10.0. The van der Waals surface area contributed by atoms with Crippen LogP contribution >= 0.6 is 11.6 Å². The molecule has 23 heavy (non-hydrogen) atoms. The van der Waals surface area contributed by atoms with Crippen molar-refractivity contribution in [1.29, 1.82) is 0 Å². The largest absolute Gasteiger partial charge is 0.492 e. The number of hydrogen-bond acceptors (Lipinski definition) is 3. The molecule has 2 heterocycles. The number of carbonyl (C=O) groups is 1. The van der Waals surface area contributed by atoms with Crippen molar-refractivity contribution in [3.63, 3.8) is 0 Å². The summed E-state index contributed by atoms with van der Waals surface area (Å²) in [4.78, 5) is 16.9. The molecule has 0 spiro atoms. The van der Waals surface area contributed by atoms with Gasteiger partial charge in [0.2, 0.25) is 5.91 Å². The quantitative estimate of drug-likeness (QED) is 0.775. The second kappa shape index (κ2) is 5.56. The molecule has 5 heteroatoms. The summed E-state index contributed by atoms with van der Waals surface area (Å²) < 4.78 is 5.58. The van der Waals surface area contributed by atoms with Gasteiger partial charge < -0.3 is 10.1 Å². The molecule has 0 saturated heterocycles. The van der Waals surface area contributed by atoms with Crippen molar-refractivity contribution in [1.82, 2.24) is 4.98 Å². The molecule has 4 rings (SSSR count). The topological polar surface area (TPSA) is 51.2 Å². The first kappa shape index (κ1) is 14.0. The van der Waals surface area contributed by atoms with Gasteiger partial charge in [-0.05, 0) is 18.2 Å². The first-order chi connectivity index (χ1) is 11.2. The zero-order chi connectivity index (χ0) is 15.8. The maximum Gasteiger partial charge on any atom is 0.235 e. The van der Waals surface area contributed by atoms with Gasteiger partial charge in [0.15, 0.2) is 0 Å². The molecule has 1 amide bonds. The van der Waals surface area contributed by atoms with Crippen LogP contribution in [0.4, 0.5) is 5.69 Å². The number of nitrogens with one attached hydrogen (secondary N) is 1. The average molecular weight is 325 g/mol. The van der Waals surface area contributed by atoms with Gasteiger partial charge in [-0.3, -0.25) is 9.78 Å². The normalized spacial score (nSPS) is 16.0. The second-order valence-corrected chi connectivity index (χ2v) is 5.88. The van der Waals surface area contributed by atoms with Crippen molar-refractivity contribution in [3.05, 3.63) is 65.4 Å². The van der Waals surface area contributed by atoms with E-state index in [2.05, 4.69) is 10.3 Å². The lowest BCUT2D eigenvalue weighted by molar-refractivity contribution is -0.117. The molecule has 0 fully saturated rings. The predicted octanol–water partition coefficient (Wildman–Crippen LogP) is 4.00. The van der Waals surface area contributed by atoms with E-state index in [0.29, 0.717) is 23.1 Å². The second-order valence-electron chi connectivity index (χ2n) is 5.44. The van der Waals surface area contributed by atoms with Crippen LogP contribution < -0.4 is 10.1 Å². The van der Waals surface area contributed by atoms with Gasteiger partial charge in [-0.2, -0.15) is 0 Å². The van der Waals surface area contributed by atoms with E-state index in [-0.39, 0.29) is 11.8 Å². The van der Waals surface area contributed by atoms with E-state index < -0.39 is 0 Å². The molecule has 3 aromatic rings. The highest BCUT2D eigenvalue weighted by Gasteiger charge is 2.30. The van der Waals surface area contributed by atoms with Crippen LogP contribution in [0.3, 0.4) is 0 Å². The maximum absolute atomic E-state index is 12.7. The van der Waals surface area contributed by atoms with Gasteiger partial charge in [0, 0.05) is 27.6 Å². The Balaban J connectivity index is 1.65. The lowest BCUT2D eigenvalue weighted by Crippen LogP contribution is -2.22. The number of aromatic nitrogens is 1. The van der Waals surface area contributed by atoms with E-state index in [9.17, 15) is 4.79 Å². The van der Waals surface area contributed by atoms with Crippen LogP contribution in [0.1, 0.15) is 11.5 Å². The molecule has 1 N–H and O–H groups in total. The van der Waals surface area contributed by atoms with Crippen LogP contribution in [0.2, 0.25) is 5.02 Å². The van der Waals surface area contributed by atoms with Crippen molar-refractivity contribution in [2.45, 2.75) is 5.92 Å². The molecule has 0 radical (unpaired) electrons. The van der Waals surface area contributed by atoms with Gasteiger partial charge in [-0.1, -0.05) is 35.9 Å². The monoisotopic (exact) mass is 324 g/mol. The van der Waals surface area contributed by atoms with Crippen LogP contribution in [0, 0.1) is 0 Å². The highest BCUT2D eigenvalue weighted by atomic mass is 35.5. The molecule has 1 aromatic heterocycles. The summed E-state index contributed by atoms with van der Waals surface area (Å²) in [7, 11) is 0. The van der Waals surface area contributed by atoms with E-state index in [1.54, 1.807) is 30.6 Å². The fourth-order valence-corrected chi connectivity index (χ4v) is 3.02. The van der Waals surface area contributed by atoms with Crippen LogP contribution in [0.15, 0.2) is 54.9 Å². The molecule has 2 aromatic carbocycles.